The number of likely N-dealkylation sites (tertiary alicyclic amines) is 1. The minimum atomic E-state index is -1.49. The summed E-state index contributed by atoms with van der Waals surface area (Å²) in [5, 5.41) is 41.6. The van der Waals surface area contributed by atoms with E-state index in [1.54, 1.807) is 13.8 Å². The molecule has 0 bridgehead atoms. The minimum absolute atomic E-state index is 0.0603. The lowest BCUT2D eigenvalue weighted by Gasteiger charge is -2.35. The first kappa shape index (κ1) is 48.9. The summed E-state index contributed by atoms with van der Waals surface area (Å²) in [6.07, 6.45) is -1.41. The lowest BCUT2D eigenvalue weighted by atomic mass is 9.94. The number of carboxylic acids is 1. The molecule has 7 amide bonds. The van der Waals surface area contributed by atoms with Crippen LogP contribution in [0.25, 0.3) is 0 Å². The first-order valence-corrected chi connectivity index (χ1v) is 18.6. The number of rotatable bonds is 24. The van der Waals surface area contributed by atoms with Crippen LogP contribution in [0.4, 0.5) is 0 Å². The second-order valence-corrected chi connectivity index (χ2v) is 14.2. The van der Waals surface area contributed by atoms with Crippen molar-refractivity contribution in [1.29, 1.82) is 0 Å². The third kappa shape index (κ3) is 18.0. The van der Waals surface area contributed by atoms with E-state index in [0.29, 0.717) is 19.3 Å². The van der Waals surface area contributed by atoms with E-state index < -0.39 is 115 Å². The molecule has 1 unspecified atom stereocenters. The quantitative estimate of drug-likeness (QED) is 0.0248. The molecule has 1 fully saturated rings. The molecule has 9 atom stereocenters. The highest BCUT2D eigenvalue weighted by atomic mass is 16.4. The molecule has 1 heterocycles. The van der Waals surface area contributed by atoms with Gasteiger partial charge in [-0.3, -0.25) is 38.6 Å². The van der Waals surface area contributed by atoms with Gasteiger partial charge in [-0.25, -0.2) is 4.79 Å². The van der Waals surface area contributed by atoms with Gasteiger partial charge in [0.1, 0.15) is 24.2 Å². The second kappa shape index (κ2) is 24.4. The molecular formula is C34H61N11O11. The van der Waals surface area contributed by atoms with Crippen molar-refractivity contribution in [2.45, 2.75) is 121 Å². The molecule has 0 spiro atoms. The Labute approximate surface area is 325 Å². The van der Waals surface area contributed by atoms with Gasteiger partial charge in [-0.15, -0.1) is 0 Å². The third-order valence-electron chi connectivity index (χ3n) is 9.06. The van der Waals surface area contributed by atoms with Crippen LogP contribution in [0.3, 0.4) is 0 Å². The number of guanidine groups is 1. The Balaban J connectivity index is 3.01. The average molecular weight is 800 g/mol. The molecule has 318 valence electrons. The Bertz CT molecular complexity index is 1410. The Morgan fingerprint density at radius 2 is 1.46 bits per heavy atom. The zero-order valence-corrected chi connectivity index (χ0v) is 32.5. The van der Waals surface area contributed by atoms with Gasteiger partial charge in [-0.05, 0) is 51.9 Å². The molecule has 56 heavy (non-hydrogen) atoms. The van der Waals surface area contributed by atoms with Gasteiger partial charge in [0.15, 0.2) is 5.96 Å². The van der Waals surface area contributed by atoms with E-state index in [1.165, 1.54) is 18.7 Å². The summed E-state index contributed by atoms with van der Waals surface area (Å²) in [6, 6.07) is -6.39. The summed E-state index contributed by atoms with van der Waals surface area (Å²) in [5.41, 5.74) is 21.5. The first-order valence-electron chi connectivity index (χ1n) is 18.6. The van der Waals surface area contributed by atoms with E-state index in [1.807, 2.05) is 0 Å². The van der Waals surface area contributed by atoms with Gasteiger partial charge in [0, 0.05) is 26.1 Å². The van der Waals surface area contributed by atoms with Crippen LogP contribution in [0.5, 0.6) is 0 Å². The SMILES string of the molecule is CCC(C)[C@H](NC(=O)CNC(=O)[C@H](CC(N)=O)NC(=O)[C@@H](N)C[C@@H](C)O)C(=O)N[C@@H](C[C@@H](C)O)C(=O)N1CCC[C@@H](C(=O)N[C@@H](CCCN=C(N)N)C(=O)O)C1. The summed E-state index contributed by atoms with van der Waals surface area (Å²) < 4.78 is 0. The number of nitrogens with zero attached hydrogens (tertiary/aromatic N) is 2. The monoisotopic (exact) mass is 799 g/mol. The van der Waals surface area contributed by atoms with Crippen molar-refractivity contribution in [3.63, 3.8) is 0 Å². The van der Waals surface area contributed by atoms with Gasteiger partial charge < -0.3 is 69.7 Å². The molecule has 22 nitrogen and oxygen atoms in total. The van der Waals surface area contributed by atoms with Gasteiger partial charge in [0.25, 0.3) is 0 Å². The lowest BCUT2D eigenvalue weighted by molar-refractivity contribution is -0.144. The zero-order chi connectivity index (χ0) is 42.7. The highest BCUT2D eigenvalue weighted by Gasteiger charge is 2.36. The molecule has 0 aromatic rings. The fourth-order valence-corrected chi connectivity index (χ4v) is 5.87. The number of nitrogens with one attached hydrogen (secondary N) is 5. The van der Waals surface area contributed by atoms with Crippen LogP contribution in [-0.2, 0) is 38.4 Å². The fourth-order valence-electron chi connectivity index (χ4n) is 5.87. The summed E-state index contributed by atoms with van der Waals surface area (Å²) >= 11 is 0. The number of primary amides is 1. The van der Waals surface area contributed by atoms with Crippen LogP contribution in [0.2, 0.25) is 0 Å². The number of nitrogens with two attached hydrogens (primary N) is 4. The summed E-state index contributed by atoms with van der Waals surface area (Å²) in [7, 11) is 0. The van der Waals surface area contributed by atoms with Crippen molar-refractivity contribution in [3.8, 4) is 0 Å². The maximum absolute atomic E-state index is 13.8. The normalized spacial score (nSPS) is 18.3. The minimum Gasteiger partial charge on any atom is -0.480 e. The Morgan fingerprint density at radius 3 is 2.02 bits per heavy atom. The van der Waals surface area contributed by atoms with Crippen LogP contribution in [0.1, 0.15) is 79.1 Å². The zero-order valence-electron chi connectivity index (χ0n) is 32.5. The topological polar surface area (TPSA) is 377 Å². The number of hydrogen-bond acceptors (Lipinski definition) is 12. The smallest absolute Gasteiger partial charge is 0.326 e. The number of aliphatic hydroxyl groups excluding tert-OH is 2. The van der Waals surface area contributed by atoms with Gasteiger partial charge in [0.05, 0.1) is 37.1 Å². The molecule has 0 aromatic heterocycles. The summed E-state index contributed by atoms with van der Waals surface area (Å²) in [5.74, 6) is -8.11. The van der Waals surface area contributed by atoms with Crippen molar-refractivity contribution in [1.82, 2.24) is 31.5 Å². The molecule has 1 aliphatic heterocycles. The van der Waals surface area contributed by atoms with Crippen LogP contribution in [-0.4, -0.2) is 142 Å². The van der Waals surface area contributed by atoms with Crippen LogP contribution in [0.15, 0.2) is 4.99 Å². The second-order valence-electron chi connectivity index (χ2n) is 14.2. The van der Waals surface area contributed by atoms with Crippen molar-refractivity contribution in [2.75, 3.05) is 26.2 Å². The predicted octanol–water partition coefficient (Wildman–Crippen LogP) is -4.79. The van der Waals surface area contributed by atoms with Gasteiger partial charge in [0.2, 0.25) is 41.4 Å². The van der Waals surface area contributed by atoms with Gasteiger partial charge in [-0.1, -0.05) is 20.3 Å². The molecule has 0 saturated carbocycles. The highest BCUT2D eigenvalue weighted by Crippen LogP contribution is 2.20. The van der Waals surface area contributed by atoms with E-state index in [9.17, 15) is 53.7 Å². The molecule has 16 N–H and O–H groups in total. The largest absolute Gasteiger partial charge is 0.480 e. The Hall–Kier alpha value is -5.09. The third-order valence-corrected chi connectivity index (χ3v) is 9.06. The van der Waals surface area contributed by atoms with Gasteiger partial charge >= 0.3 is 5.97 Å². The van der Waals surface area contributed by atoms with Crippen molar-refractivity contribution in [2.24, 2.45) is 39.8 Å². The molecule has 22 heteroatoms. The van der Waals surface area contributed by atoms with Crippen LogP contribution >= 0.6 is 0 Å². The van der Waals surface area contributed by atoms with E-state index in [2.05, 4.69) is 31.6 Å². The number of aliphatic imine (C=N–C) groups is 1. The van der Waals surface area contributed by atoms with E-state index in [-0.39, 0.29) is 51.3 Å². The van der Waals surface area contributed by atoms with Crippen molar-refractivity contribution >= 4 is 53.3 Å². The Kier molecular flexibility index (Phi) is 21.3. The van der Waals surface area contributed by atoms with Crippen LogP contribution in [0, 0.1) is 11.8 Å². The molecule has 0 aromatic carbocycles. The first-order chi connectivity index (χ1) is 26.2. The van der Waals surface area contributed by atoms with E-state index in [0.717, 1.165) is 0 Å². The maximum atomic E-state index is 13.8. The van der Waals surface area contributed by atoms with Gasteiger partial charge in [-0.2, -0.15) is 0 Å². The van der Waals surface area contributed by atoms with E-state index >= 15 is 0 Å². The lowest BCUT2D eigenvalue weighted by Crippen LogP contribution is -2.59. The number of carbonyl (C=O) groups excluding carboxylic acids is 7. The number of hydrogen-bond donors (Lipinski definition) is 12. The number of aliphatic hydroxyl groups is 2. The number of carbonyl (C=O) groups is 8. The number of piperidine rings is 1. The number of aliphatic carboxylic acids is 1. The molecule has 0 aliphatic carbocycles. The number of amides is 7. The Morgan fingerprint density at radius 1 is 0.839 bits per heavy atom. The standard InChI is InChI=1S/C34H61N11O11/c1-5-17(2)27(44-26(49)15-40-30(52)23(14-25(36)48)42-29(51)21(35)12-18(3)46)31(53)43-24(13-19(4)47)32(54)45-11-7-8-20(16-45)28(50)41-22(33(55)56)9-6-10-39-34(37)38/h17-24,27,46-47H,5-16,35H2,1-4H3,(H2,36,48)(H,40,52)(H,41,50)(H,42,51)(H,43,53)(H,44,49)(H,55,56)(H4,37,38,39)/t17?,18-,19-,20-,21+,22+,23+,24+,27+/m1/s1. The molecular weight excluding hydrogens is 738 g/mol. The highest BCUT2D eigenvalue weighted by molar-refractivity contribution is 5.96. The summed E-state index contributed by atoms with van der Waals surface area (Å²) in [6.45, 7) is 5.89. The van der Waals surface area contributed by atoms with Crippen LogP contribution < -0.4 is 49.5 Å². The predicted molar refractivity (Wildman–Crippen MR) is 201 cm³/mol. The maximum Gasteiger partial charge on any atom is 0.326 e. The van der Waals surface area contributed by atoms with Crippen molar-refractivity contribution in [3.05, 3.63) is 0 Å². The van der Waals surface area contributed by atoms with E-state index in [4.69, 9.17) is 22.9 Å². The molecule has 1 saturated heterocycles. The molecule has 1 rings (SSSR count). The average Bonchev–Trinajstić information content (AvgIpc) is 3.11. The molecule has 1 aliphatic rings. The summed E-state index contributed by atoms with van der Waals surface area (Å²) in [4.78, 5) is 107. The number of carboxylic acid groups (broad SMARTS) is 1. The molecule has 0 radical (unpaired) electrons. The van der Waals surface area contributed by atoms with Crippen molar-refractivity contribution < 1.29 is 53.7 Å². The fraction of sp³-hybridized carbons (Fsp3) is 0.735.